The number of halogens is 1. The Balaban J connectivity index is 0.00000338. The van der Waals surface area contributed by atoms with Crippen molar-refractivity contribution in [2.24, 2.45) is 4.99 Å². The van der Waals surface area contributed by atoms with Crippen molar-refractivity contribution in [1.29, 1.82) is 0 Å². The standard InChI is InChI=1S/C19H33N3O2S.HI/c1-3-20-18(22-15-19(2,23)17-11-8-14-25-17)21-12-13-24-16-9-6-4-5-7-10-16;/h8,11,14,16,23H,3-7,9-10,12-13,15H2,1-2H3,(H2,20,21,22);1H. The van der Waals surface area contributed by atoms with Crippen molar-refractivity contribution in [3.8, 4) is 0 Å². The van der Waals surface area contributed by atoms with Gasteiger partial charge in [0.15, 0.2) is 5.96 Å². The van der Waals surface area contributed by atoms with Gasteiger partial charge in [0, 0.05) is 18.0 Å². The van der Waals surface area contributed by atoms with Crippen LogP contribution in [-0.4, -0.2) is 43.4 Å². The number of rotatable bonds is 8. The fourth-order valence-corrected chi connectivity index (χ4v) is 3.82. The minimum atomic E-state index is -0.937. The van der Waals surface area contributed by atoms with Crippen LogP contribution in [0.25, 0.3) is 0 Å². The first-order valence-electron chi connectivity index (χ1n) is 9.52. The molecule has 0 aliphatic heterocycles. The summed E-state index contributed by atoms with van der Waals surface area (Å²) >= 11 is 1.55. The van der Waals surface area contributed by atoms with E-state index in [2.05, 4.69) is 15.6 Å². The van der Waals surface area contributed by atoms with Crippen molar-refractivity contribution in [3.63, 3.8) is 0 Å². The molecular weight excluding hydrogens is 461 g/mol. The molecule has 0 spiro atoms. The largest absolute Gasteiger partial charge is 0.383 e. The molecule has 26 heavy (non-hydrogen) atoms. The summed E-state index contributed by atoms with van der Waals surface area (Å²) < 4.78 is 6.00. The molecule has 0 saturated heterocycles. The second kappa shape index (κ2) is 12.9. The van der Waals surface area contributed by atoms with Crippen LogP contribution in [0.3, 0.4) is 0 Å². The van der Waals surface area contributed by atoms with Crippen LogP contribution < -0.4 is 10.6 Å². The lowest BCUT2D eigenvalue weighted by Gasteiger charge is -2.21. The van der Waals surface area contributed by atoms with Gasteiger partial charge in [0.1, 0.15) is 5.60 Å². The normalized spacial score (nSPS) is 18.5. The van der Waals surface area contributed by atoms with Crippen LogP contribution in [-0.2, 0) is 10.3 Å². The van der Waals surface area contributed by atoms with E-state index in [-0.39, 0.29) is 24.0 Å². The number of aliphatic imine (C=N–C) groups is 1. The lowest BCUT2D eigenvalue weighted by molar-refractivity contribution is 0.0467. The van der Waals surface area contributed by atoms with Crippen molar-refractivity contribution in [2.75, 3.05) is 26.2 Å². The molecule has 2 rings (SSSR count). The van der Waals surface area contributed by atoms with Crippen LogP contribution in [0, 0.1) is 0 Å². The van der Waals surface area contributed by atoms with Crippen molar-refractivity contribution >= 4 is 41.3 Å². The number of aliphatic hydroxyl groups is 1. The van der Waals surface area contributed by atoms with Crippen LogP contribution in [0.1, 0.15) is 57.2 Å². The maximum absolute atomic E-state index is 10.6. The summed E-state index contributed by atoms with van der Waals surface area (Å²) in [4.78, 5) is 5.47. The molecule has 1 fully saturated rings. The Kier molecular flexibility index (Phi) is 11.7. The monoisotopic (exact) mass is 495 g/mol. The second-order valence-electron chi connectivity index (χ2n) is 6.86. The third-order valence-electron chi connectivity index (χ3n) is 4.49. The number of guanidine groups is 1. The molecule has 1 aromatic heterocycles. The average Bonchev–Trinajstić information content (AvgIpc) is 3.03. The summed E-state index contributed by atoms with van der Waals surface area (Å²) in [6.07, 6.45) is 8.08. The zero-order chi connectivity index (χ0) is 18.0. The topological polar surface area (TPSA) is 65.9 Å². The van der Waals surface area contributed by atoms with Crippen LogP contribution in [0.5, 0.6) is 0 Å². The van der Waals surface area contributed by atoms with E-state index in [4.69, 9.17) is 4.74 Å². The van der Waals surface area contributed by atoms with Crippen molar-refractivity contribution < 1.29 is 9.84 Å². The van der Waals surface area contributed by atoms with Gasteiger partial charge in [0.25, 0.3) is 0 Å². The van der Waals surface area contributed by atoms with Gasteiger partial charge in [-0.15, -0.1) is 35.3 Å². The van der Waals surface area contributed by atoms with Crippen LogP contribution in [0.15, 0.2) is 22.5 Å². The predicted octanol–water partition coefficient (Wildman–Crippen LogP) is 3.87. The average molecular weight is 495 g/mol. The molecule has 1 aliphatic carbocycles. The van der Waals surface area contributed by atoms with Crippen LogP contribution in [0.4, 0.5) is 0 Å². The van der Waals surface area contributed by atoms with Gasteiger partial charge in [-0.1, -0.05) is 31.7 Å². The molecule has 1 heterocycles. The Morgan fingerprint density at radius 1 is 1.31 bits per heavy atom. The van der Waals surface area contributed by atoms with Crippen LogP contribution in [0.2, 0.25) is 0 Å². The first-order valence-corrected chi connectivity index (χ1v) is 10.4. The third-order valence-corrected chi connectivity index (χ3v) is 5.61. The predicted molar refractivity (Wildman–Crippen MR) is 121 cm³/mol. The van der Waals surface area contributed by atoms with E-state index in [1.807, 2.05) is 24.4 Å². The number of ether oxygens (including phenoxy) is 1. The molecule has 0 bridgehead atoms. The fraction of sp³-hybridized carbons (Fsp3) is 0.737. The number of hydrogen-bond donors (Lipinski definition) is 3. The lowest BCUT2D eigenvalue weighted by atomic mass is 10.1. The number of thiophene rings is 1. The summed E-state index contributed by atoms with van der Waals surface area (Å²) in [5, 5.41) is 19.1. The van der Waals surface area contributed by atoms with Gasteiger partial charge in [-0.2, -0.15) is 0 Å². The summed E-state index contributed by atoms with van der Waals surface area (Å²) in [5.41, 5.74) is -0.937. The Morgan fingerprint density at radius 2 is 2.04 bits per heavy atom. The second-order valence-corrected chi connectivity index (χ2v) is 7.81. The van der Waals surface area contributed by atoms with Gasteiger partial charge in [0.2, 0.25) is 0 Å². The highest BCUT2D eigenvalue weighted by Gasteiger charge is 2.24. The molecule has 150 valence electrons. The smallest absolute Gasteiger partial charge is 0.191 e. The lowest BCUT2D eigenvalue weighted by Crippen LogP contribution is -2.40. The minimum absolute atomic E-state index is 0. The van der Waals surface area contributed by atoms with E-state index in [1.54, 1.807) is 18.3 Å². The molecule has 1 saturated carbocycles. The molecule has 3 N–H and O–H groups in total. The molecule has 7 heteroatoms. The maximum atomic E-state index is 10.6. The summed E-state index contributed by atoms with van der Waals surface area (Å²) in [6, 6.07) is 3.90. The Bertz CT molecular complexity index is 501. The minimum Gasteiger partial charge on any atom is -0.383 e. The van der Waals surface area contributed by atoms with Gasteiger partial charge in [-0.25, -0.2) is 4.99 Å². The number of hydrogen-bond acceptors (Lipinski definition) is 4. The highest BCUT2D eigenvalue weighted by Crippen LogP contribution is 2.25. The Hall–Kier alpha value is -0.380. The zero-order valence-electron chi connectivity index (χ0n) is 16.0. The molecule has 5 nitrogen and oxygen atoms in total. The van der Waals surface area contributed by atoms with Crippen molar-refractivity contribution in [1.82, 2.24) is 10.6 Å². The summed E-state index contributed by atoms with van der Waals surface area (Å²) in [5.74, 6) is 0.726. The third kappa shape index (κ3) is 8.54. The van der Waals surface area contributed by atoms with Gasteiger partial charge < -0.3 is 20.5 Å². The molecule has 1 aliphatic rings. The van der Waals surface area contributed by atoms with E-state index >= 15 is 0 Å². The first kappa shape index (κ1) is 23.7. The Labute approximate surface area is 179 Å². The number of nitrogens with zero attached hydrogens (tertiary/aromatic N) is 1. The molecule has 0 radical (unpaired) electrons. The quantitative estimate of drug-likeness (QED) is 0.169. The summed E-state index contributed by atoms with van der Waals surface area (Å²) in [6.45, 7) is 6.38. The zero-order valence-corrected chi connectivity index (χ0v) is 19.1. The van der Waals surface area contributed by atoms with Gasteiger partial charge >= 0.3 is 0 Å². The van der Waals surface area contributed by atoms with E-state index in [1.165, 1.54) is 38.5 Å². The molecule has 1 aromatic rings. The van der Waals surface area contributed by atoms with Gasteiger partial charge in [-0.3, -0.25) is 0 Å². The molecule has 0 aromatic carbocycles. The molecular formula is C19H34IN3O2S. The molecule has 1 unspecified atom stereocenters. The highest BCUT2D eigenvalue weighted by atomic mass is 127. The SMILES string of the molecule is CCNC(=NCC(C)(O)c1cccs1)NCCOC1CCCCCC1.I. The van der Waals surface area contributed by atoms with E-state index < -0.39 is 5.60 Å². The first-order chi connectivity index (χ1) is 12.1. The number of nitrogens with one attached hydrogen (secondary N) is 2. The van der Waals surface area contributed by atoms with E-state index in [0.29, 0.717) is 19.3 Å². The Morgan fingerprint density at radius 3 is 2.65 bits per heavy atom. The van der Waals surface area contributed by atoms with Gasteiger partial charge in [0.05, 0.1) is 19.3 Å². The molecule has 0 amide bonds. The molecule has 1 atom stereocenters. The fourth-order valence-electron chi connectivity index (χ4n) is 3.04. The van der Waals surface area contributed by atoms with Crippen molar-refractivity contribution in [3.05, 3.63) is 22.4 Å². The van der Waals surface area contributed by atoms with E-state index in [0.717, 1.165) is 23.9 Å². The maximum Gasteiger partial charge on any atom is 0.191 e. The highest BCUT2D eigenvalue weighted by molar-refractivity contribution is 14.0. The summed E-state index contributed by atoms with van der Waals surface area (Å²) in [7, 11) is 0. The van der Waals surface area contributed by atoms with E-state index in [9.17, 15) is 5.11 Å². The van der Waals surface area contributed by atoms with Crippen LogP contribution >= 0.6 is 35.3 Å². The van der Waals surface area contributed by atoms with Crippen molar-refractivity contribution in [2.45, 2.75) is 64.1 Å². The van der Waals surface area contributed by atoms with Gasteiger partial charge in [-0.05, 0) is 38.1 Å².